The van der Waals surface area contributed by atoms with E-state index in [0.717, 1.165) is 17.3 Å². The standard InChI is InChI=1S/C20H17FN2O3/c1-25-18-11-17(23-20(24)14-8-9-22-12-16(14)21)19(26-2)10-15(18)13-6-4-3-5-7-13/h3-12H,1-2H3,(H,23,24). The van der Waals surface area contributed by atoms with E-state index in [4.69, 9.17) is 9.47 Å². The number of nitrogens with one attached hydrogen (secondary N) is 1. The molecule has 0 saturated carbocycles. The van der Waals surface area contributed by atoms with Gasteiger partial charge >= 0.3 is 0 Å². The van der Waals surface area contributed by atoms with Gasteiger partial charge in [-0.1, -0.05) is 30.3 Å². The number of carbonyl (C=O) groups is 1. The first kappa shape index (κ1) is 17.4. The molecule has 0 aliphatic rings. The number of ether oxygens (including phenoxy) is 2. The number of hydrogen-bond donors (Lipinski definition) is 1. The van der Waals surface area contributed by atoms with Crippen LogP contribution in [-0.2, 0) is 0 Å². The van der Waals surface area contributed by atoms with E-state index < -0.39 is 11.7 Å². The minimum atomic E-state index is -0.697. The van der Waals surface area contributed by atoms with Crippen molar-refractivity contribution in [3.8, 4) is 22.6 Å². The van der Waals surface area contributed by atoms with Crippen molar-refractivity contribution < 1.29 is 18.7 Å². The number of pyridine rings is 1. The lowest BCUT2D eigenvalue weighted by atomic mass is 10.0. The molecular weight excluding hydrogens is 335 g/mol. The topological polar surface area (TPSA) is 60.5 Å². The number of anilines is 1. The van der Waals surface area contributed by atoms with E-state index in [1.807, 2.05) is 30.3 Å². The van der Waals surface area contributed by atoms with Gasteiger partial charge in [0, 0.05) is 17.8 Å². The Morgan fingerprint density at radius 2 is 1.77 bits per heavy atom. The minimum absolute atomic E-state index is 0.104. The number of aromatic nitrogens is 1. The van der Waals surface area contributed by atoms with Gasteiger partial charge in [0.2, 0.25) is 0 Å². The maximum atomic E-state index is 13.8. The highest BCUT2D eigenvalue weighted by molar-refractivity contribution is 6.05. The normalized spacial score (nSPS) is 10.3. The molecule has 0 aliphatic heterocycles. The van der Waals surface area contributed by atoms with Gasteiger partial charge in [-0.05, 0) is 17.7 Å². The van der Waals surface area contributed by atoms with Gasteiger partial charge in [-0.3, -0.25) is 9.78 Å². The monoisotopic (exact) mass is 352 g/mol. The third-order valence-corrected chi connectivity index (χ3v) is 3.87. The van der Waals surface area contributed by atoms with Crippen molar-refractivity contribution in [2.75, 3.05) is 19.5 Å². The summed E-state index contributed by atoms with van der Waals surface area (Å²) in [5.41, 5.74) is 2.04. The molecule has 1 heterocycles. The van der Waals surface area contributed by atoms with Gasteiger partial charge in [-0.25, -0.2) is 4.39 Å². The molecule has 1 amide bonds. The number of amides is 1. The Morgan fingerprint density at radius 3 is 2.42 bits per heavy atom. The summed E-state index contributed by atoms with van der Waals surface area (Å²) in [6.45, 7) is 0. The third kappa shape index (κ3) is 3.49. The third-order valence-electron chi connectivity index (χ3n) is 3.87. The molecule has 2 aromatic carbocycles. The first-order valence-electron chi connectivity index (χ1n) is 7.86. The second-order valence-electron chi connectivity index (χ2n) is 5.43. The van der Waals surface area contributed by atoms with Gasteiger partial charge in [0.15, 0.2) is 5.82 Å². The summed E-state index contributed by atoms with van der Waals surface area (Å²) >= 11 is 0. The summed E-state index contributed by atoms with van der Waals surface area (Å²) in [4.78, 5) is 16.0. The van der Waals surface area contributed by atoms with Crippen LogP contribution in [0.5, 0.6) is 11.5 Å². The summed E-state index contributed by atoms with van der Waals surface area (Å²) in [5, 5.41) is 2.66. The Hall–Kier alpha value is -3.41. The van der Waals surface area contributed by atoms with E-state index in [1.54, 1.807) is 19.2 Å². The van der Waals surface area contributed by atoms with E-state index in [9.17, 15) is 9.18 Å². The number of nitrogens with zero attached hydrogens (tertiary/aromatic N) is 1. The van der Waals surface area contributed by atoms with Crippen LogP contribution < -0.4 is 14.8 Å². The number of carbonyl (C=O) groups excluding carboxylic acids is 1. The summed E-state index contributed by atoms with van der Waals surface area (Å²) in [7, 11) is 3.04. The number of benzene rings is 2. The predicted molar refractivity (Wildman–Crippen MR) is 97.1 cm³/mol. The maximum Gasteiger partial charge on any atom is 0.258 e. The van der Waals surface area contributed by atoms with E-state index in [2.05, 4.69) is 10.3 Å². The smallest absolute Gasteiger partial charge is 0.258 e. The average molecular weight is 352 g/mol. The molecule has 0 unspecified atom stereocenters. The largest absolute Gasteiger partial charge is 0.496 e. The molecule has 1 N–H and O–H groups in total. The van der Waals surface area contributed by atoms with Crippen molar-refractivity contribution in [3.05, 3.63) is 72.3 Å². The molecule has 0 spiro atoms. The highest BCUT2D eigenvalue weighted by Gasteiger charge is 2.17. The molecule has 132 valence electrons. The maximum absolute atomic E-state index is 13.8. The predicted octanol–water partition coefficient (Wildman–Crippen LogP) is 4.16. The van der Waals surface area contributed by atoms with Gasteiger partial charge in [0.25, 0.3) is 5.91 Å². The highest BCUT2D eigenvalue weighted by Crippen LogP contribution is 2.39. The molecule has 0 radical (unpaired) electrons. The fourth-order valence-corrected chi connectivity index (χ4v) is 2.59. The Kier molecular flexibility index (Phi) is 5.12. The average Bonchev–Trinajstić information content (AvgIpc) is 2.68. The Labute approximate surface area is 150 Å². The summed E-state index contributed by atoms with van der Waals surface area (Å²) in [5.74, 6) is -0.301. The van der Waals surface area contributed by atoms with E-state index >= 15 is 0 Å². The first-order valence-corrected chi connectivity index (χ1v) is 7.86. The molecule has 3 aromatic rings. The minimum Gasteiger partial charge on any atom is -0.496 e. The lowest BCUT2D eigenvalue weighted by molar-refractivity contribution is 0.102. The van der Waals surface area contributed by atoms with Gasteiger partial charge in [-0.15, -0.1) is 0 Å². The Bertz CT molecular complexity index is 930. The molecule has 0 bridgehead atoms. The highest BCUT2D eigenvalue weighted by atomic mass is 19.1. The van der Waals surface area contributed by atoms with Crippen LogP contribution in [0.1, 0.15) is 10.4 Å². The number of hydrogen-bond acceptors (Lipinski definition) is 4. The Balaban J connectivity index is 2.00. The zero-order chi connectivity index (χ0) is 18.5. The van der Waals surface area contributed by atoms with Crippen molar-refractivity contribution in [1.82, 2.24) is 4.98 Å². The van der Waals surface area contributed by atoms with E-state index in [1.165, 1.54) is 19.4 Å². The second-order valence-corrected chi connectivity index (χ2v) is 5.43. The van der Waals surface area contributed by atoms with Crippen molar-refractivity contribution in [2.24, 2.45) is 0 Å². The molecule has 0 saturated heterocycles. The van der Waals surface area contributed by atoms with Crippen LogP contribution in [0.3, 0.4) is 0 Å². The second kappa shape index (κ2) is 7.65. The van der Waals surface area contributed by atoms with Gasteiger partial charge in [0.1, 0.15) is 11.5 Å². The van der Waals surface area contributed by atoms with Crippen LogP contribution >= 0.6 is 0 Å². The lowest BCUT2D eigenvalue weighted by Crippen LogP contribution is -2.14. The van der Waals surface area contributed by atoms with Crippen LogP contribution in [-0.4, -0.2) is 25.1 Å². The quantitative estimate of drug-likeness (QED) is 0.749. The Morgan fingerprint density at radius 1 is 1.04 bits per heavy atom. The van der Waals surface area contributed by atoms with Crippen LogP contribution in [0.15, 0.2) is 60.9 Å². The van der Waals surface area contributed by atoms with Crippen LogP contribution in [0.4, 0.5) is 10.1 Å². The number of halogens is 1. The molecule has 0 atom stereocenters. The first-order chi connectivity index (χ1) is 12.6. The van der Waals surface area contributed by atoms with Crippen LogP contribution in [0.2, 0.25) is 0 Å². The SMILES string of the molecule is COc1cc(-c2ccccc2)c(OC)cc1NC(=O)c1ccncc1F. The van der Waals surface area contributed by atoms with Crippen LogP contribution in [0, 0.1) is 5.82 Å². The molecule has 5 nitrogen and oxygen atoms in total. The van der Waals surface area contributed by atoms with Gasteiger partial charge < -0.3 is 14.8 Å². The lowest BCUT2D eigenvalue weighted by Gasteiger charge is -2.16. The van der Waals surface area contributed by atoms with E-state index in [0.29, 0.717) is 17.2 Å². The van der Waals surface area contributed by atoms with Gasteiger partial charge in [0.05, 0.1) is 31.7 Å². The van der Waals surface area contributed by atoms with Crippen molar-refractivity contribution in [1.29, 1.82) is 0 Å². The molecule has 0 fully saturated rings. The number of methoxy groups -OCH3 is 2. The summed E-state index contributed by atoms with van der Waals surface area (Å²) in [6, 6.07) is 14.4. The molecular formula is C20H17FN2O3. The molecule has 6 heteroatoms. The molecule has 26 heavy (non-hydrogen) atoms. The zero-order valence-corrected chi connectivity index (χ0v) is 14.3. The molecule has 1 aromatic heterocycles. The molecule has 0 aliphatic carbocycles. The number of rotatable bonds is 5. The van der Waals surface area contributed by atoms with Crippen molar-refractivity contribution in [3.63, 3.8) is 0 Å². The fourth-order valence-electron chi connectivity index (χ4n) is 2.59. The van der Waals surface area contributed by atoms with Crippen molar-refractivity contribution in [2.45, 2.75) is 0 Å². The molecule has 3 rings (SSSR count). The summed E-state index contributed by atoms with van der Waals surface area (Å²) in [6.07, 6.45) is 2.35. The zero-order valence-electron chi connectivity index (χ0n) is 14.3. The van der Waals surface area contributed by atoms with Crippen molar-refractivity contribution >= 4 is 11.6 Å². The summed E-state index contributed by atoms with van der Waals surface area (Å²) < 4.78 is 24.6. The van der Waals surface area contributed by atoms with E-state index in [-0.39, 0.29) is 5.56 Å². The van der Waals surface area contributed by atoms with Gasteiger partial charge in [-0.2, -0.15) is 0 Å². The van der Waals surface area contributed by atoms with Crippen LogP contribution in [0.25, 0.3) is 11.1 Å². The fraction of sp³-hybridized carbons (Fsp3) is 0.100.